The van der Waals surface area contributed by atoms with Crippen LogP contribution in [0.5, 0.6) is 0 Å². The third-order valence-corrected chi connectivity index (χ3v) is 3.76. The highest BCUT2D eigenvalue weighted by Crippen LogP contribution is 2.23. The standard InChI is InChI=1S/C8H10Cl2N2O2S/c9-3-4-12-15(13,14)8-2-1-6(11)5-7(8)10/h1-2,5,12H,3-4,11H2. The molecule has 0 amide bonds. The van der Waals surface area contributed by atoms with Gasteiger partial charge < -0.3 is 5.73 Å². The van der Waals surface area contributed by atoms with Gasteiger partial charge >= 0.3 is 0 Å². The van der Waals surface area contributed by atoms with Crippen LogP contribution in [-0.2, 0) is 10.0 Å². The number of nitrogens with one attached hydrogen (secondary N) is 1. The molecule has 0 radical (unpaired) electrons. The fraction of sp³-hybridized carbons (Fsp3) is 0.250. The van der Waals surface area contributed by atoms with Gasteiger partial charge in [0.1, 0.15) is 4.90 Å². The smallest absolute Gasteiger partial charge is 0.242 e. The van der Waals surface area contributed by atoms with Crippen LogP contribution in [0.3, 0.4) is 0 Å². The number of hydrogen-bond donors (Lipinski definition) is 2. The monoisotopic (exact) mass is 268 g/mol. The number of rotatable bonds is 4. The second kappa shape index (κ2) is 5.03. The molecule has 0 aliphatic carbocycles. The number of anilines is 1. The predicted molar refractivity (Wildman–Crippen MR) is 61.8 cm³/mol. The van der Waals surface area contributed by atoms with Gasteiger partial charge in [-0.25, -0.2) is 13.1 Å². The Kier molecular flexibility index (Phi) is 4.21. The molecule has 1 rings (SSSR count). The van der Waals surface area contributed by atoms with Crippen LogP contribution < -0.4 is 10.5 Å². The van der Waals surface area contributed by atoms with E-state index in [1.807, 2.05) is 0 Å². The molecule has 15 heavy (non-hydrogen) atoms. The summed E-state index contributed by atoms with van der Waals surface area (Å²) in [5.41, 5.74) is 5.86. The van der Waals surface area contributed by atoms with Crippen LogP contribution >= 0.6 is 23.2 Å². The van der Waals surface area contributed by atoms with E-state index >= 15 is 0 Å². The highest BCUT2D eigenvalue weighted by atomic mass is 35.5. The van der Waals surface area contributed by atoms with Crippen LogP contribution in [0, 0.1) is 0 Å². The van der Waals surface area contributed by atoms with Gasteiger partial charge in [-0.3, -0.25) is 0 Å². The van der Waals surface area contributed by atoms with E-state index in [-0.39, 0.29) is 22.3 Å². The summed E-state index contributed by atoms with van der Waals surface area (Å²) in [6.07, 6.45) is 0. The first-order valence-corrected chi connectivity index (χ1v) is 6.47. The summed E-state index contributed by atoms with van der Waals surface area (Å²) in [6.45, 7) is 0.157. The Morgan fingerprint density at radius 1 is 1.40 bits per heavy atom. The highest BCUT2D eigenvalue weighted by molar-refractivity contribution is 7.89. The van der Waals surface area contributed by atoms with Crippen LogP contribution in [0.4, 0.5) is 5.69 Å². The summed E-state index contributed by atoms with van der Waals surface area (Å²) in [7, 11) is -3.59. The molecule has 0 aliphatic heterocycles. The molecule has 0 heterocycles. The zero-order valence-corrected chi connectivity index (χ0v) is 10.0. The number of nitrogen functional groups attached to an aromatic ring is 1. The Bertz CT molecular complexity index is 448. The van der Waals surface area contributed by atoms with Crippen molar-refractivity contribution in [2.24, 2.45) is 0 Å². The lowest BCUT2D eigenvalue weighted by molar-refractivity contribution is 0.584. The molecule has 0 fully saturated rings. The first kappa shape index (κ1) is 12.6. The number of halogens is 2. The quantitative estimate of drug-likeness (QED) is 0.641. The zero-order chi connectivity index (χ0) is 11.5. The molecule has 0 unspecified atom stereocenters. The first-order chi connectivity index (χ1) is 6.97. The van der Waals surface area contributed by atoms with Crippen molar-refractivity contribution in [3.63, 3.8) is 0 Å². The maximum Gasteiger partial charge on any atom is 0.242 e. The minimum atomic E-state index is -3.59. The number of benzene rings is 1. The van der Waals surface area contributed by atoms with E-state index < -0.39 is 10.0 Å². The molecule has 7 heteroatoms. The minimum Gasteiger partial charge on any atom is -0.399 e. The first-order valence-electron chi connectivity index (χ1n) is 4.08. The summed E-state index contributed by atoms with van der Waals surface area (Å²) in [4.78, 5) is 0.00323. The van der Waals surface area contributed by atoms with E-state index in [0.29, 0.717) is 5.69 Å². The molecule has 1 aromatic rings. The summed E-state index contributed by atoms with van der Waals surface area (Å²) in [5.74, 6) is 0.200. The van der Waals surface area contributed by atoms with Gasteiger partial charge in [0.05, 0.1) is 5.02 Å². The lowest BCUT2D eigenvalue weighted by Crippen LogP contribution is -2.25. The molecule has 0 spiro atoms. The van der Waals surface area contributed by atoms with Crippen molar-refractivity contribution in [1.82, 2.24) is 4.72 Å². The van der Waals surface area contributed by atoms with Gasteiger partial charge in [0.25, 0.3) is 0 Å². The molecule has 0 aromatic heterocycles. The molecule has 0 saturated carbocycles. The Hall–Kier alpha value is -0.490. The number of hydrogen-bond acceptors (Lipinski definition) is 3. The van der Waals surface area contributed by atoms with Crippen LogP contribution in [0.15, 0.2) is 23.1 Å². The van der Waals surface area contributed by atoms with E-state index in [2.05, 4.69) is 4.72 Å². The van der Waals surface area contributed by atoms with Crippen LogP contribution in [0.2, 0.25) is 5.02 Å². The molecule has 0 atom stereocenters. The Morgan fingerprint density at radius 3 is 2.60 bits per heavy atom. The maximum absolute atomic E-state index is 11.6. The molecule has 1 aromatic carbocycles. The maximum atomic E-state index is 11.6. The van der Waals surface area contributed by atoms with E-state index in [4.69, 9.17) is 28.9 Å². The molecule has 0 bridgehead atoms. The van der Waals surface area contributed by atoms with Crippen molar-refractivity contribution in [3.05, 3.63) is 23.2 Å². The fourth-order valence-corrected chi connectivity index (χ4v) is 2.78. The van der Waals surface area contributed by atoms with E-state index in [1.165, 1.54) is 18.2 Å². The molecule has 3 N–H and O–H groups in total. The predicted octanol–water partition coefficient (Wildman–Crippen LogP) is 1.44. The topological polar surface area (TPSA) is 72.2 Å². The van der Waals surface area contributed by atoms with Crippen molar-refractivity contribution in [2.45, 2.75) is 4.90 Å². The van der Waals surface area contributed by atoms with Crippen molar-refractivity contribution >= 4 is 38.9 Å². The van der Waals surface area contributed by atoms with Crippen molar-refractivity contribution < 1.29 is 8.42 Å². The average Bonchev–Trinajstić information content (AvgIpc) is 2.14. The van der Waals surface area contributed by atoms with Crippen molar-refractivity contribution in [2.75, 3.05) is 18.2 Å². The Morgan fingerprint density at radius 2 is 2.07 bits per heavy atom. The summed E-state index contributed by atoms with van der Waals surface area (Å²) in [5, 5.41) is 0.0945. The summed E-state index contributed by atoms with van der Waals surface area (Å²) < 4.78 is 25.6. The SMILES string of the molecule is Nc1ccc(S(=O)(=O)NCCCl)c(Cl)c1. The minimum absolute atomic E-state index is 0.00323. The zero-order valence-electron chi connectivity index (χ0n) is 7.70. The molecule has 84 valence electrons. The van der Waals surface area contributed by atoms with Gasteiger partial charge in [0.15, 0.2) is 0 Å². The van der Waals surface area contributed by atoms with Gasteiger partial charge in [-0.15, -0.1) is 11.6 Å². The van der Waals surface area contributed by atoms with E-state index in [1.54, 1.807) is 0 Å². The van der Waals surface area contributed by atoms with Gasteiger partial charge in [0.2, 0.25) is 10.0 Å². The molecule has 0 saturated heterocycles. The number of nitrogens with two attached hydrogens (primary N) is 1. The molecular weight excluding hydrogens is 259 g/mol. The normalized spacial score (nSPS) is 11.6. The van der Waals surface area contributed by atoms with Gasteiger partial charge in [0, 0.05) is 18.1 Å². The van der Waals surface area contributed by atoms with Crippen molar-refractivity contribution in [3.8, 4) is 0 Å². The van der Waals surface area contributed by atoms with Gasteiger partial charge in [-0.1, -0.05) is 11.6 Å². The molecular formula is C8H10Cl2N2O2S. The molecule has 4 nitrogen and oxygen atoms in total. The van der Waals surface area contributed by atoms with Crippen molar-refractivity contribution in [1.29, 1.82) is 0 Å². The fourth-order valence-electron chi connectivity index (χ4n) is 0.986. The highest BCUT2D eigenvalue weighted by Gasteiger charge is 2.16. The lowest BCUT2D eigenvalue weighted by atomic mass is 10.3. The summed E-state index contributed by atoms with van der Waals surface area (Å²) in [6, 6.07) is 4.21. The summed E-state index contributed by atoms with van der Waals surface area (Å²) >= 11 is 11.1. The Balaban J connectivity index is 3.05. The van der Waals surface area contributed by atoms with Gasteiger partial charge in [-0.05, 0) is 18.2 Å². The van der Waals surface area contributed by atoms with Crippen LogP contribution in [0.25, 0.3) is 0 Å². The second-order valence-corrected chi connectivity index (χ2v) is 5.30. The number of sulfonamides is 1. The molecule has 0 aliphatic rings. The number of alkyl halides is 1. The third-order valence-electron chi connectivity index (χ3n) is 1.63. The van der Waals surface area contributed by atoms with Gasteiger partial charge in [-0.2, -0.15) is 0 Å². The van der Waals surface area contributed by atoms with Crippen LogP contribution in [0.1, 0.15) is 0 Å². The Labute approximate surface area is 98.4 Å². The average molecular weight is 269 g/mol. The second-order valence-electron chi connectivity index (χ2n) is 2.78. The van der Waals surface area contributed by atoms with Crippen LogP contribution in [-0.4, -0.2) is 20.8 Å². The lowest BCUT2D eigenvalue weighted by Gasteiger charge is -2.07. The van der Waals surface area contributed by atoms with E-state index in [0.717, 1.165) is 0 Å². The third kappa shape index (κ3) is 3.24. The largest absolute Gasteiger partial charge is 0.399 e. The van der Waals surface area contributed by atoms with E-state index in [9.17, 15) is 8.42 Å².